The fraction of sp³-hybridized carbons (Fsp3) is 0.421. The Morgan fingerprint density at radius 1 is 1.19 bits per heavy atom. The van der Waals surface area contributed by atoms with E-state index in [1.807, 2.05) is 0 Å². The summed E-state index contributed by atoms with van der Waals surface area (Å²) < 4.78 is 22.3. The van der Waals surface area contributed by atoms with E-state index in [-0.39, 0.29) is 6.42 Å². The SMILES string of the molecule is CCC(=O)O[C@H]1c2c(ccc3ccc(=O)oc23)O[C@@H]1C(C)(C)OC(C)=O. The van der Waals surface area contributed by atoms with Gasteiger partial charge >= 0.3 is 17.6 Å². The van der Waals surface area contributed by atoms with Crippen LogP contribution in [0, 0.1) is 0 Å². The lowest BCUT2D eigenvalue weighted by Crippen LogP contribution is -2.46. The Morgan fingerprint density at radius 2 is 1.88 bits per heavy atom. The number of carbonyl (C=O) groups excluding carboxylic acids is 2. The van der Waals surface area contributed by atoms with E-state index in [4.69, 9.17) is 18.6 Å². The van der Waals surface area contributed by atoms with Gasteiger partial charge in [0.15, 0.2) is 12.2 Å². The standard InChI is InChI=1S/C19H20O7/c1-5-13(21)24-17-15-12(23-18(17)19(3,4)26-10(2)20)8-6-11-7-9-14(22)25-16(11)15/h6-9,17-18H,5H2,1-4H3/t17-,18-/m0/s1. The highest BCUT2D eigenvalue weighted by atomic mass is 16.6. The van der Waals surface area contributed by atoms with Crippen LogP contribution < -0.4 is 10.4 Å². The summed E-state index contributed by atoms with van der Waals surface area (Å²) in [5.74, 6) is -0.497. The van der Waals surface area contributed by atoms with Gasteiger partial charge in [0.1, 0.15) is 16.9 Å². The van der Waals surface area contributed by atoms with Crippen molar-refractivity contribution in [2.45, 2.75) is 51.9 Å². The average Bonchev–Trinajstić information content (AvgIpc) is 2.93. The maximum absolute atomic E-state index is 12.0. The van der Waals surface area contributed by atoms with Crippen LogP contribution in [0.3, 0.4) is 0 Å². The molecule has 7 nitrogen and oxygen atoms in total. The molecule has 0 radical (unpaired) electrons. The zero-order chi connectivity index (χ0) is 19.1. The second-order valence-electron chi connectivity index (χ2n) is 6.65. The first-order chi connectivity index (χ1) is 12.2. The van der Waals surface area contributed by atoms with Gasteiger partial charge in [-0.05, 0) is 32.0 Å². The number of carbonyl (C=O) groups is 2. The number of rotatable bonds is 4. The molecule has 1 aromatic heterocycles. The van der Waals surface area contributed by atoms with Crippen LogP contribution in [0.15, 0.2) is 33.5 Å². The Bertz CT molecular complexity index is 925. The van der Waals surface area contributed by atoms with Crippen LogP contribution in [0.1, 0.15) is 45.8 Å². The predicted octanol–water partition coefficient (Wildman–Crippen LogP) is 2.89. The first kappa shape index (κ1) is 18.0. The van der Waals surface area contributed by atoms with Gasteiger partial charge in [0.25, 0.3) is 0 Å². The molecule has 0 aliphatic carbocycles. The minimum Gasteiger partial charge on any atom is -0.481 e. The summed E-state index contributed by atoms with van der Waals surface area (Å²) >= 11 is 0. The molecule has 0 N–H and O–H groups in total. The number of benzene rings is 1. The van der Waals surface area contributed by atoms with Crippen molar-refractivity contribution in [3.8, 4) is 5.75 Å². The Labute approximate surface area is 149 Å². The topological polar surface area (TPSA) is 92.0 Å². The molecule has 2 atom stereocenters. The summed E-state index contributed by atoms with van der Waals surface area (Å²) in [6.45, 7) is 6.33. The fourth-order valence-electron chi connectivity index (χ4n) is 3.14. The van der Waals surface area contributed by atoms with Gasteiger partial charge in [-0.2, -0.15) is 0 Å². The summed E-state index contributed by atoms with van der Waals surface area (Å²) in [7, 11) is 0. The minimum absolute atomic E-state index is 0.168. The highest BCUT2D eigenvalue weighted by Gasteiger charge is 2.49. The van der Waals surface area contributed by atoms with Crippen molar-refractivity contribution in [2.75, 3.05) is 0 Å². The van der Waals surface area contributed by atoms with Gasteiger partial charge in [0, 0.05) is 24.8 Å². The quantitative estimate of drug-likeness (QED) is 0.611. The van der Waals surface area contributed by atoms with Gasteiger partial charge < -0.3 is 18.6 Å². The van der Waals surface area contributed by atoms with Crippen molar-refractivity contribution in [1.82, 2.24) is 0 Å². The zero-order valence-corrected chi connectivity index (χ0v) is 15.0. The first-order valence-corrected chi connectivity index (χ1v) is 8.35. The highest BCUT2D eigenvalue weighted by molar-refractivity contribution is 5.84. The normalized spacial score (nSPS) is 18.9. The Morgan fingerprint density at radius 3 is 2.54 bits per heavy atom. The second-order valence-corrected chi connectivity index (χ2v) is 6.65. The van der Waals surface area contributed by atoms with Crippen LogP contribution in [0.2, 0.25) is 0 Å². The lowest BCUT2D eigenvalue weighted by Gasteiger charge is -2.33. The molecular weight excluding hydrogens is 340 g/mol. The van der Waals surface area contributed by atoms with E-state index in [0.717, 1.165) is 0 Å². The molecular formula is C19H20O7. The average molecular weight is 360 g/mol. The predicted molar refractivity (Wildman–Crippen MR) is 91.9 cm³/mol. The Kier molecular flexibility index (Phi) is 4.48. The van der Waals surface area contributed by atoms with E-state index in [9.17, 15) is 14.4 Å². The molecule has 1 aliphatic heterocycles. The molecule has 0 amide bonds. The molecule has 1 aromatic carbocycles. The van der Waals surface area contributed by atoms with Gasteiger partial charge in [-0.3, -0.25) is 9.59 Å². The molecule has 0 spiro atoms. The van der Waals surface area contributed by atoms with Gasteiger partial charge in [-0.1, -0.05) is 6.92 Å². The molecule has 2 aromatic rings. The molecule has 1 aliphatic rings. The number of fused-ring (bicyclic) bond motifs is 3. The molecule has 0 saturated heterocycles. The number of hydrogen-bond acceptors (Lipinski definition) is 7. The lowest BCUT2D eigenvalue weighted by molar-refractivity contribution is -0.175. The molecule has 2 heterocycles. The molecule has 3 rings (SSSR count). The lowest BCUT2D eigenvalue weighted by atomic mass is 9.93. The smallest absolute Gasteiger partial charge is 0.336 e. The maximum Gasteiger partial charge on any atom is 0.336 e. The van der Waals surface area contributed by atoms with Crippen molar-refractivity contribution < 1.29 is 28.2 Å². The van der Waals surface area contributed by atoms with E-state index in [1.54, 1.807) is 39.0 Å². The highest BCUT2D eigenvalue weighted by Crippen LogP contribution is 2.47. The van der Waals surface area contributed by atoms with Crippen LogP contribution >= 0.6 is 0 Å². The number of ether oxygens (including phenoxy) is 3. The molecule has 0 saturated carbocycles. The third kappa shape index (κ3) is 3.16. The number of esters is 2. The minimum atomic E-state index is -1.08. The summed E-state index contributed by atoms with van der Waals surface area (Å²) in [6, 6.07) is 6.41. The first-order valence-electron chi connectivity index (χ1n) is 8.35. The molecule has 7 heteroatoms. The van der Waals surface area contributed by atoms with Crippen LogP contribution in [0.5, 0.6) is 5.75 Å². The third-order valence-electron chi connectivity index (χ3n) is 4.24. The Hall–Kier alpha value is -2.83. The van der Waals surface area contributed by atoms with Gasteiger partial charge in [0.05, 0.1) is 5.56 Å². The molecule has 138 valence electrons. The third-order valence-corrected chi connectivity index (χ3v) is 4.24. The van der Waals surface area contributed by atoms with E-state index < -0.39 is 35.4 Å². The Balaban J connectivity index is 2.15. The number of hydrogen-bond donors (Lipinski definition) is 0. The van der Waals surface area contributed by atoms with Crippen molar-refractivity contribution in [3.05, 3.63) is 40.2 Å². The van der Waals surface area contributed by atoms with Crippen molar-refractivity contribution in [3.63, 3.8) is 0 Å². The van der Waals surface area contributed by atoms with Crippen LogP contribution in [0.25, 0.3) is 11.0 Å². The molecule has 0 bridgehead atoms. The zero-order valence-electron chi connectivity index (χ0n) is 15.0. The summed E-state index contributed by atoms with van der Waals surface area (Å²) in [4.78, 5) is 35.2. The van der Waals surface area contributed by atoms with Crippen LogP contribution in [-0.4, -0.2) is 23.6 Å². The van der Waals surface area contributed by atoms with Crippen LogP contribution in [-0.2, 0) is 19.1 Å². The van der Waals surface area contributed by atoms with E-state index in [2.05, 4.69) is 0 Å². The largest absolute Gasteiger partial charge is 0.481 e. The van der Waals surface area contributed by atoms with Crippen molar-refractivity contribution >= 4 is 22.9 Å². The monoisotopic (exact) mass is 360 g/mol. The fourth-order valence-corrected chi connectivity index (χ4v) is 3.14. The van der Waals surface area contributed by atoms with Crippen molar-refractivity contribution in [1.29, 1.82) is 0 Å². The van der Waals surface area contributed by atoms with E-state index in [0.29, 0.717) is 22.3 Å². The summed E-state index contributed by atoms with van der Waals surface area (Å²) in [5, 5.41) is 0.676. The maximum atomic E-state index is 12.0. The second kappa shape index (κ2) is 6.48. The van der Waals surface area contributed by atoms with Gasteiger partial charge in [-0.25, -0.2) is 4.79 Å². The summed E-state index contributed by atoms with van der Waals surface area (Å²) in [5.41, 5.74) is -0.836. The van der Waals surface area contributed by atoms with Crippen molar-refractivity contribution in [2.24, 2.45) is 0 Å². The summed E-state index contributed by atoms with van der Waals surface area (Å²) in [6.07, 6.45) is -1.49. The van der Waals surface area contributed by atoms with E-state index in [1.165, 1.54) is 13.0 Å². The molecule has 0 fully saturated rings. The van der Waals surface area contributed by atoms with Gasteiger partial charge in [0.2, 0.25) is 0 Å². The van der Waals surface area contributed by atoms with E-state index >= 15 is 0 Å². The molecule has 0 unspecified atom stereocenters. The van der Waals surface area contributed by atoms with Crippen LogP contribution in [0.4, 0.5) is 0 Å². The molecule has 26 heavy (non-hydrogen) atoms. The van der Waals surface area contributed by atoms with Gasteiger partial charge in [-0.15, -0.1) is 0 Å².